The first-order valence-electron chi connectivity index (χ1n) is 5.97. The first kappa shape index (κ1) is 12.6. The Bertz CT molecular complexity index is 573. The Morgan fingerprint density at radius 2 is 2.00 bits per heavy atom. The van der Waals surface area contributed by atoms with Gasteiger partial charge in [-0.1, -0.05) is 18.2 Å². The summed E-state index contributed by atoms with van der Waals surface area (Å²) in [5.41, 5.74) is 2.01. The highest BCUT2D eigenvalue weighted by Gasteiger charge is 2.10. The van der Waals surface area contributed by atoms with Crippen molar-refractivity contribution < 1.29 is 0 Å². The number of hydrogen-bond acceptors (Lipinski definition) is 4. The summed E-state index contributed by atoms with van der Waals surface area (Å²) in [7, 11) is 0. The number of rotatable bonds is 3. The summed E-state index contributed by atoms with van der Waals surface area (Å²) in [4.78, 5) is 15.2. The SMILES string of the molecule is CC(C)(C)NCc1ccc2cccc(N=O)c2n1. The van der Waals surface area contributed by atoms with Crippen molar-refractivity contribution in [2.45, 2.75) is 32.9 Å². The second kappa shape index (κ2) is 4.82. The molecule has 1 N–H and O–H groups in total. The van der Waals surface area contributed by atoms with Crippen LogP contribution in [0.1, 0.15) is 26.5 Å². The predicted molar refractivity (Wildman–Crippen MR) is 73.8 cm³/mol. The summed E-state index contributed by atoms with van der Waals surface area (Å²) in [5.74, 6) is 0. The fourth-order valence-corrected chi connectivity index (χ4v) is 1.70. The van der Waals surface area contributed by atoms with E-state index in [2.05, 4.69) is 36.2 Å². The van der Waals surface area contributed by atoms with E-state index in [9.17, 15) is 4.91 Å². The van der Waals surface area contributed by atoms with Gasteiger partial charge in [-0.15, -0.1) is 4.91 Å². The minimum Gasteiger partial charge on any atom is -0.306 e. The molecule has 2 rings (SSSR count). The third-order valence-corrected chi connectivity index (χ3v) is 2.65. The largest absolute Gasteiger partial charge is 0.306 e. The fourth-order valence-electron chi connectivity index (χ4n) is 1.70. The maximum absolute atomic E-state index is 10.7. The lowest BCUT2D eigenvalue weighted by molar-refractivity contribution is 0.421. The zero-order valence-electron chi connectivity index (χ0n) is 10.9. The first-order chi connectivity index (χ1) is 8.49. The maximum atomic E-state index is 10.7. The van der Waals surface area contributed by atoms with E-state index >= 15 is 0 Å². The molecular formula is C14H17N3O. The van der Waals surface area contributed by atoms with Gasteiger partial charge in [0.05, 0.1) is 11.2 Å². The van der Waals surface area contributed by atoms with Gasteiger partial charge in [0.1, 0.15) is 5.69 Å². The summed E-state index contributed by atoms with van der Waals surface area (Å²) < 4.78 is 0. The molecule has 0 fully saturated rings. The number of aromatic nitrogens is 1. The molecule has 1 heterocycles. The number of fused-ring (bicyclic) bond motifs is 1. The minimum atomic E-state index is 0.0407. The van der Waals surface area contributed by atoms with Crippen LogP contribution in [0.5, 0.6) is 0 Å². The number of benzene rings is 1. The first-order valence-corrected chi connectivity index (χ1v) is 5.97. The van der Waals surface area contributed by atoms with Crippen LogP contribution in [0.2, 0.25) is 0 Å². The molecule has 4 heteroatoms. The van der Waals surface area contributed by atoms with Crippen LogP contribution in [0.25, 0.3) is 10.9 Å². The second-order valence-corrected chi connectivity index (χ2v) is 5.35. The van der Waals surface area contributed by atoms with Gasteiger partial charge < -0.3 is 5.32 Å². The molecule has 4 nitrogen and oxygen atoms in total. The summed E-state index contributed by atoms with van der Waals surface area (Å²) in [5, 5.41) is 7.32. The summed E-state index contributed by atoms with van der Waals surface area (Å²) in [6, 6.07) is 9.36. The Morgan fingerprint density at radius 3 is 2.67 bits per heavy atom. The van der Waals surface area contributed by atoms with Crippen molar-refractivity contribution in [3.05, 3.63) is 40.9 Å². The van der Waals surface area contributed by atoms with E-state index in [0.717, 1.165) is 11.1 Å². The third-order valence-electron chi connectivity index (χ3n) is 2.65. The zero-order chi connectivity index (χ0) is 13.2. The van der Waals surface area contributed by atoms with E-state index in [1.165, 1.54) is 0 Å². The zero-order valence-corrected chi connectivity index (χ0v) is 10.9. The van der Waals surface area contributed by atoms with Gasteiger partial charge in [-0.3, -0.25) is 0 Å². The van der Waals surface area contributed by atoms with Crippen molar-refractivity contribution in [3.8, 4) is 0 Å². The maximum Gasteiger partial charge on any atom is 0.134 e. The van der Waals surface area contributed by atoms with Crippen molar-refractivity contribution in [2.24, 2.45) is 5.18 Å². The van der Waals surface area contributed by atoms with Gasteiger partial charge >= 0.3 is 0 Å². The van der Waals surface area contributed by atoms with E-state index in [0.29, 0.717) is 17.7 Å². The van der Waals surface area contributed by atoms with Crippen LogP contribution < -0.4 is 5.32 Å². The third kappa shape index (κ3) is 2.90. The van der Waals surface area contributed by atoms with E-state index in [-0.39, 0.29) is 5.54 Å². The molecule has 0 radical (unpaired) electrons. The number of pyridine rings is 1. The average Bonchev–Trinajstić information content (AvgIpc) is 2.34. The average molecular weight is 243 g/mol. The minimum absolute atomic E-state index is 0.0407. The molecule has 94 valence electrons. The van der Waals surface area contributed by atoms with Crippen LogP contribution in [0, 0.1) is 4.91 Å². The smallest absolute Gasteiger partial charge is 0.134 e. The van der Waals surface area contributed by atoms with E-state index in [1.54, 1.807) is 6.07 Å². The van der Waals surface area contributed by atoms with Gasteiger partial charge in [0.25, 0.3) is 0 Å². The van der Waals surface area contributed by atoms with Crippen molar-refractivity contribution in [3.63, 3.8) is 0 Å². The van der Waals surface area contributed by atoms with Crippen LogP contribution in [-0.2, 0) is 6.54 Å². The van der Waals surface area contributed by atoms with E-state index in [1.807, 2.05) is 24.3 Å². The van der Waals surface area contributed by atoms with E-state index < -0.39 is 0 Å². The van der Waals surface area contributed by atoms with Gasteiger partial charge in [-0.05, 0) is 38.1 Å². The van der Waals surface area contributed by atoms with Crippen LogP contribution in [0.15, 0.2) is 35.5 Å². The standard InChI is InChI=1S/C14H17N3O/c1-14(2,3)15-9-11-8-7-10-5-4-6-12(17-18)13(10)16-11/h4-8,15H,9H2,1-3H3. The topological polar surface area (TPSA) is 54.4 Å². The molecule has 0 atom stereocenters. The molecule has 0 saturated heterocycles. The molecule has 0 saturated carbocycles. The summed E-state index contributed by atoms with van der Waals surface area (Å²) >= 11 is 0. The lowest BCUT2D eigenvalue weighted by atomic mass is 10.1. The molecule has 0 aliphatic carbocycles. The number of nitroso groups, excluding NO2 is 1. The van der Waals surface area contributed by atoms with Gasteiger partial charge in [0.15, 0.2) is 0 Å². The van der Waals surface area contributed by atoms with Gasteiger partial charge in [-0.25, -0.2) is 4.98 Å². The molecule has 0 aliphatic rings. The highest BCUT2D eigenvalue weighted by molar-refractivity contribution is 5.88. The Kier molecular flexibility index (Phi) is 3.39. The number of hydrogen-bond donors (Lipinski definition) is 1. The Balaban J connectivity index is 2.34. The predicted octanol–water partition coefficient (Wildman–Crippen LogP) is 3.52. The second-order valence-electron chi connectivity index (χ2n) is 5.35. The molecule has 1 aromatic carbocycles. The fraction of sp³-hybridized carbons (Fsp3) is 0.357. The van der Waals surface area contributed by atoms with Crippen LogP contribution in [0.4, 0.5) is 5.69 Å². The summed E-state index contributed by atoms with van der Waals surface area (Å²) in [6.45, 7) is 6.98. The Labute approximate surface area is 106 Å². The quantitative estimate of drug-likeness (QED) is 0.839. The number of nitrogens with one attached hydrogen (secondary N) is 1. The molecule has 2 aromatic rings. The van der Waals surface area contributed by atoms with Crippen LogP contribution in [-0.4, -0.2) is 10.5 Å². The van der Waals surface area contributed by atoms with Gasteiger partial charge in [0.2, 0.25) is 0 Å². The normalized spacial score (nSPS) is 11.7. The van der Waals surface area contributed by atoms with Gasteiger partial charge in [-0.2, -0.15) is 0 Å². The Hall–Kier alpha value is -1.81. The Morgan fingerprint density at radius 1 is 1.22 bits per heavy atom. The molecule has 0 amide bonds. The molecular weight excluding hydrogens is 226 g/mol. The van der Waals surface area contributed by atoms with E-state index in [4.69, 9.17) is 0 Å². The van der Waals surface area contributed by atoms with Crippen molar-refractivity contribution in [2.75, 3.05) is 0 Å². The van der Waals surface area contributed by atoms with Crippen LogP contribution >= 0.6 is 0 Å². The van der Waals surface area contributed by atoms with Crippen molar-refractivity contribution >= 4 is 16.6 Å². The van der Waals surface area contributed by atoms with Crippen LogP contribution in [0.3, 0.4) is 0 Å². The monoisotopic (exact) mass is 243 g/mol. The van der Waals surface area contributed by atoms with Gasteiger partial charge in [0, 0.05) is 17.5 Å². The highest BCUT2D eigenvalue weighted by Crippen LogP contribution is 2.24. The molecule has 0 bridgehead atoms. The lowest BCUT2D eigenvalue weighted by Gasteiger charge is -2.20. The highest BCUT2D eigenvalue weighted by atomic mass is 16.3. The number of para-hydroxylation sites is 1. The molecule has 0 aliphatic heterocycles. The summed E-state index contributed by atoms with van der Waals surface area (Å²) in [6.07, 6.45) is 0. The van der Waals surface area contributed by atoms with Crippen molar-refractivity contribution in [1.29, 1.82) is 0 Å². The van der Waals surface area contributed by atoms with Crippen molar-refractivity contribution in [1.82, 2.24) is 10.3 Å². The number of nitrogens with zero attached hydrogens (tertiary/aromatic N) is 2. The molecule has 0 unspecified atom stereocenters. The molecule has 1 aromatic heterocycles. The molecule has 18 heavy (non-hydrogen) atoms. The lowest BCUT2D eigenvalue weighted by Crippen LogP contribution is -2.35. The molecule has 0 spiro atoms.